The fraction of sp³-hybridized carbons (Fsp3) is 0.169. The number of carboxylic acids is 2. The van der Waals surface area contributed by atoms with Gasteiger partial charge in [0, 0.05) is 89.9 Å². The molecule has 0 bridgehead atoms. The van der Waals surface area contributed by atoms with Gasteiger partial charge in [0.25, 0.3) is 17.1 Å². The maximum Gasteiger partial charge on any atom is 0.349 e. The SMILES string of the molecule is CC(C)(C)C(=O)OC(C(=O)[O-])[C@H](OC(=O)C(C)(C)C)C(=O)O.Nc1ccccn1.O=C(Cc1ccccn1)c1ccccc1.O=C(c1ccccc1)[C@@H](c1ccccn1)[C@H]([NH2+]c1ccccn1)c1ccccc1[N+](=O)[O-].O=C(c1ccccc1)[C@H](c1ccccn1)[C@@H]([NH2+]c1ccccn1)c1ccccc1[N+](=O)[O-].O=Cc1ccccc1[N+](=O)[O-]. The summed E-state index contributed by atoms with van der Waals surface area (Å²) < 4.78 is 9.33. The van der Waals surface area contributed by atoms with Gasteiger partial charge in [-0.05, 0) is 120 Å². The molecule has 0 aliphatic rings. The Hall–Kier alpha value is -15.3. The lowest BCUT2D eigenvalue weighted by molar-refractivity contribution is -0.624. The summed E-state index contributed by atoms with van der Waals surface area (Å²) in [7, 11) is 0. The van der Waals surface area contributed by atoms with E-state index in [4.69, 9.17) is 10.8 Å². The number of ketones is 3. The van der Waals surface area contributed by atoms with Crippen molar-refractivity contribution in [1.82, 2.24) is 29.9 Å². The molecule has 6 atom stereocenters. The first-order valence-corrected chi connectivity index (χ1v) is 36.7. The lowest BCUT2D eigenvalue weighted by Crippen LogP contribution is -2.81. The van der Waals surface area contributed by atoms with E-state index in [1.165, 1.54) is 71.9 Å². The molecular weight excluding hydrogens is 1530 g/mol. The molecule has 30 heteroatoms. The Labute approximate surface area is 683 Å². The molecule has 0 saturated carbocycles. The number of pyridine rings is 6. The van der Waals surface area contributed by atoms with Crippen molar-refractivity contribution in [3.63, 3.8) is 0 Å². The molecule has 6 heterocycles. The fourth-order valence-electron chi connectivity index (χ4n) is 11.1. The van der Waals surface area contributed by atoms with Crippen LogP contribution >= 0.6 is 0 Å². The van der Waals surface area contributed by atoms with E-state index in [9.17, 15) is 73.8 Å². The highest BCUT2D eigenvalue weighted by molar-refractivity contribution is 6.02. The number of ether oxygens (including phenoxy) is 2. The monoisotopic (exact) mass is 1610 g/mol. The van der Waals surface area contributed by atoms with Crippen molar-refractivity contribution in [2.24, 2.45) is 10.8 Å². The van der Waals surface area contributed by atoms with Crippen LogP contribution in [0.4, 0.5) is 34.5 Å². The van der Waals surface area contributed by atoms with E-state index < -0.39 is 85.6 Å². The first kappa shape index (κ1) is 90.9. The minimum atomic E-state index is -2.24. The molecule has 6 aromatic carbocycles. The Morgan fingerprint density at radius 3 is 1.08 bits per heavy atom. The van der Waals surface area contributed by atoms with E-state index in [2.05, 4.69) is 39.4 Å². The van der Waals surface area contributed by atoms with Crippen LogP contribution in [0.25, 0.3) is 0 Å². The van der Waals surface area contributed by atoms with Crippen LogP contribution in [0.15, 0.2) is 310 Å². The number of aromatic nitrogens is 6. The minimum absolute atomic E-state index is 0.0496. The molecule has 0 aliphatic carbocycles. The Kier molecular flexibility index (Phi) is 34.8. The first-order valence-electron chi connectivity index (χ1n) is 36.7. The molecule has 0 saturated heterocycles. The number of anilines is 1. The third-order valence-electron chi connectivity index (χ3n) is 17.0. The number of carboxylic acid groups (broad SMARTS) is 2. The Morgan fingerprint density at radius 2 is 0.765 bits per heavy atom. The summed E-state index contributed by atoms with van der Waals surface area (Å²) in [5.41, 5.74) is 7.51. The number of aldehydes is 1. The van der Waals surface area contributed by atoms with Gasteiger partial charge in [-0.25, -0.2) is 19.7 Å². The molecule has 12 aromatic rings. The molecule has 7 N–H and O–H groups in total. The normalized spacial score (nSPS) is 12.1. The zero-order valence-corrected chi connectivity index (χ0v) is 65.3. The molecular formula is C89H85N12O18+. The van der Waals surface area contributed by atoms with Crippen molar-refractivity contribution >= 4 is 82.0 Å². The minimum Gasteiger partial charge on any atom is -0.546 e. The van der Waals surface area contributed by atoms with E-state index in [0.29, 0.717) is 63.8 Å². The summed E-state index contributed by atoms with van der Waals surface area (Å²) in [6.07, 6.45) is 6.31. The highest BCUT2D eigenvalue weighted by Crippen LogP contribution is 2.38. The number of carbonyl (C=O) groups is 8. The number of Topliss-reactive ketones (excluding diaryl/α,β-unsaturated/α-hetero) is 3. The Morgan fingerprint density at radius 1 is 0.420 bits per heavy atom. The van der Waals surface area contributed by atoms with Gasteiger partial charge in [-0.1, -0.05) is 164 Å². The number of carbonyl (C=O) groups excluding carboxylic acids is 7. The highest BCUT2D eigenvalue weighted by Gasteiger charge is 2.43. The van der Waals surface area contributed by atoms with E-state index >= 15 is 0 Å². The number of hydrogen-bond donors (Lipinski definition) is 4. The molecule has 30 nitrogen and oxygen atoms in total. The van der Waals surface area contributed by atoms with Gasteiger partial charge in [0.05, 0.1) is 66.1 Å². The van der Waals surface area contributed by atoms with Gasteiger partial charge in [0.2, 0.25) is 17.7 Å². The second kappa shape index (κ2) is 45.6. The number of rotatable bonds is 26. The zero-order chi connectivity index (χ0) is 86.4. The maximum absolute atomic E-state index is 13.8. The molecule has 1 unspecified atom stereocenters. The van der Waals surface area contributed by atoms with E-state index in [1.807, 2.05) is 120 Å². The molecule has 0 spiro atoms. The number of nitro benzene ring substituents is 3. The van der Waals surface area contributed by atoms with Gasteiger partial charge >= 0.3 is 17.9 Å². The Bertz CT molecular complexity index is 5080. The van der Waals surface area contributed by atoms with Gasteiger partial charge in [0.1, 0.15) is 29.7 Å². The number of para-hydroxylation sites is 3. The predicted molar refractivity (Wildman–Crippen MR) is 436 cm³/mol. The van der Waals surface area contributed by atoms with Crippen LogP contribution in [-0.2, 0) is 35.1 Å². The smallest absolute Gasteiger partial charge is 0.349 e. The molecule has 608 valence electrons. The van der Waals surface area contributed by atoms with Crippen LogP contribution in [0.3, 0.4) is 0 Å². The lowest BCUT2D eigenvalue weighted by Gasteiger charge is -2.29. The van der Waals surface area contributed by atoms with E-state index in [1.54, 1.807) is 171 Å². The summed E-state index contributed by atoms with van der Waals surface area (Å²) in [4.78, 5) is 153. The van der Waals surface area contributed by atoms with Gasteiger partial charge in [0.15, 0.2) is 29.7 Å². The van der Waals surface area contributed by atoms with Crippen LogP contribution in [0.2, 0.25) is 0 Å². The number of esters is 2. The summed E-state index contributed by atoms with van der Waals surface area (Å²) in [5.74, 6) is -5.59. The van der Waals surface area contributed by atoms with Crippen molar-refractivity contribution in [2.75, 3.05) is 5.73 Å². The van der Waals surface area contributed by atoms with Crippen molar-refractivity contribution in [2.45, 2.75) is 84.1 Å². The number of nitro groups is 3. The predicted octanol–water partition coefficient (Wildman–Crippen LogP) is 12.3. The number of quaternary nitrogens is 2. The van der Waals surface area contributed by atoms with Crippen molar-refractivity contribution < 1.29 is 83.4 Å². The molecule has 0 amide bonds. The summed E-state index contributed by atoms with van der Waals surface area (Å²) in [6.45, 7) is 8.76. The number of benzene rings is 6. The summed E-state index contributed by atoms with van der Waals surface area (Å²) in [5, 5.41) is 57.7. The zero-order valence-electron chi connectivity index (χ0n) is 65.3. The summed E-state index contributed by atoms with van der Waals surface area (Å²) >= 11 is 0. The number of hydrogen-bond acceptors (Lipinski definition) is 24. The van der Waals surface area contributed by atoms with Crippen LogP contribution in [0, 0.1) is 41.2 Å². The third kappa shape index (κ3) is 28.3. The summed E-state index contributed by atoms with van der Waals surface area (Å²) in [6, 6.07) is 77.3. The van der Waals surface area contributed by atoms with Gasteiger partial charge in [-0.15, -0.1) is 0 Å². The third-order valence-corrected chi connectivity index (χ3v) is 17.0. The van der Waals surface area contributed by atoms with Gasteiger partial charge < -0.3 is 30.2 Å². The molecule has 0 aliphatic heterocycles. The average molecular weight is 1610 g/mol. The van der Waals surface area contributed by atoms with Gasteiger partial charge in [-0.2, -0.15) is 0 Å². The Balaban J connectivity index is 0.000000209. The van der Waals surface area contributed by atoms with Crippen LogP contribution < -0.4 is 21.5 Å². The van der Waals surface area contributed by atoms with Crippen LogP contribution in [0.5, 0.6) is 0 Å². The number of nitrogens with zero attached hydrogens (tertiary/aromatic N) is 9. The quantitative estimate of drug-likeness (QED) is 0.0129. The average Bonchev–Trinajstić information content (AvgIpc) is 0.788. The van der Waals surface area contributed by atoms with E-state index in [-0.39, 0.29) is 40.0 Å². The fourth-order valence-corrected chi connectivity index (χ4v) is 11.1. The topological polar surface area (TPSA) is 464 Å². The van der Waals surface area contributed by atoms with Crippen LogP contribution in [0.1, 0.15) is 135 Å². The second-order valence-corrected chi connectivity index (χ2v) is 27.7. The molecule has 0 fully saturated rings. The maximum atomic E-state index is 13.8. The van der Waals surface area contributed by atoms with E-state index in [0.717, 1.165) is 11.3 Å². The number of aliphatic carboxylic acids is 2. The molecule has 12 rings (SSSR count). The molecule has 0 radical (unpaired) electrons. The number of nitrogens with two attached hydrogens (primary N) is 3. The van der Waals surface area contributed by atoms with Crippen LogP contribution in [-0.4, -0.2) is 110 Å². The second-order valence-electron chi connectivity index (χ2n) is 27.7. The molecule has 119 heavy (non-hydrogen) atoms. The van der Waals surface area contributed by atoms with Crippen molar-refractivity contribution in [1.29, 1.82) is 0 Å². The standard InChI is InChI=1S/2C25H20N4O3.C14H22O8.C13H11NO.C7H5NO3.C5H6N2/c2*30-25(18-10-2-1-3-11-18)23(20-13-6-8-16-26-20)24(28-22-15-7-9-17-27-22)19-12-4-5-14-21(19)29(31)32;1-13(2,3)11(19)21-7(9(15)16)8(10(17)18)22-12(20)14(4,5)6;15-13(11-6-2-1-3-7-11)10-12-8-4-5-9-14-12;9-5-6-3-1-2-4-7(6)8(10)11;6-5-3-1-2-4-7-5/h2*1-17,23-24H,(H,27,28);7-8H,1-6H3,(H,15,16)(H,17,18);1-9H,10H2;1-5H;1-4H,(H2,6,7)/p+1/t2*23-,24+;7-,8?;;;/m100.../s1. The lowest BCUT2D eigenvalue weighted by atomic mass is 9.83. The van der Waals surface area contributed by atoms with Crippen molar-refractivity contribution in [3.05, 3.63) is 391 Å². The highest BCUT2D eigenvalue weighted by atomic mass is 16.6. The molecule has 6 aromatic heterocycles. The van der Waals surface area contributed by atoms with Gasteiger partial charge in [-0.3, -0.25) is 84.7 Å². The van der Waals surface area contributed by atoms with Crippen molar-refractivity contribution in [3.8, 4) is 0 Å². The first-order chi connectivity index (χ1) is 57.0. The number of nitrogen functional groups attached to an aromatic ring is 1. The largest absolute Gasteiger partial charge is 0.546 e.